The smallest absolute Gasteiger partial charge is 0.245 e. The van der Waals surface area contributed by atoms with Crippen molar-refractivity contribution in [3.05, 3.63) is 72.1 Å². The third-order valence-electron chi connectivity index (χ3n) is 15.2. The van der Waals surface area contributed by atoms with Gasteiger partial charge in [0.25, 0.3) is 0 Å². The van der Waals surface area contributed by atoms with Gasteiger partial charge in [0.05, 0.1) is 19.8 Å². The molecule has 6 aliphatic rings. The molecule has 0 radical (unpaired) electrons. The molecule has 5 fully saturated rings. The summed E-state index contributed by atoms with van der Waals surface area (Å²) < 4.78 is 23.6. The van der Waals surface area contributed by atoms with E-state index in [1.165, 1.54) is 50.5 Å². The van der Waals surface area contributed by atoms with E-state index in [2.05, 4.69) is 73.5 Å². The second-order valence-corrected chi connectivity index (χ2v) is 17.5. The maximum Gasteiger partial charge on any atom is 0.245 e. The number of hydrogen-bond acceptors (Lipinski definition) is 4. The molecule has 49 heavy (non-hydrogen) atoms. The Morgan fingerprint density at radius 3 is 2.59 bits per heavy atom. The molecule has 0 bridgehead atoms. The van der Waals surface area contributed by atoms with Crippen LogP contribution in [0.5, 0.6) is 5.75 Å². The maximum atomic E-state index is 13.4. The van der Waals surface area contributed by atoms with Crippen LogP contribution in [0.4, 0.5) is 0 Å². The SMILES string of the molecule is COc1ccc(C(=O)C[n+]2cn([C@@H]3CC[C@@]4(C)C(=CC[C@H]5[C@@H]6C[C@@H]7O[C@]8(CC[C@@H](C)CO8)[C@@H](C)[C@@H]7[C@@]6(C)CC[C@@H]54)C3)c3ccccc32)cc1. The first kappa shape index (κ1) is 32.0. The van der Waals surface area contributed by atoms with Gasteiger partial charge in [-0.2, -0.15) is 0 Å². The van der Waals surface area contributed by atoms with Crippen molar-refractivity contribution in [2.45, 2.75) is 110 Å². The van der Waals surface area contributed by atoms with Gasteiger partial charge in [0.15, 0.2) is 23.4 Å². The van der Waals surface area contributed by atoms with Gasteiger partial charge in [-0.15, -0.1) is 0 Å². The molecule has 0 N–H and O–H groups in total. The van der Waals surface area contributed by atoms with E-state index >= 15 is 0 Å². The molecule has 2 aromatic carbocycles. The molecule has 2 aliphatic heterocycles. The number of benzene rings is 2. The Morgan fingerprint density at radius 2 is 1.82 bits per heavy atom. The second kappa shape index (κ2) is 11.5. The first-order chi connectivity index (χ1) is 23.6. The van der Waals surface area contributed by atoms with Crippen LogP contribution in [0.2, 0.25) is 0 Å². The van der Waals surface area contributed by atoms with Gasteiger partial charge in [-0.3, -0.25) is 4.79 Å². The average molecular weight is 664 g/mol. The minimum Gasteiger partial charge on any atom is -0.497 e. The standard InChI is InChI=1S/C43H55N2O4/c1-27-16-21-43(48-25-27)28(2)40-39(49-43)23-35-33-15-12-30-22-31(17-19-41(30,3)34(33)18-20-42(35,40)4)45-26-44(36-8-6-7-9-37(36)45)24-38(46)29-10-13-32(47-5)14-11-29/h6-14,26-28,31,33-35,39-40H,15-25H2,1-5H3/q+1/t27-,28+,31-,33-,34+,35+,39+,40+,41+,42+,43-/m1/s1. The molecule has 0 unspecified atom stereocenters. The number of hydrogen-bond donors (Lipinski definition) is 0. The highest BCUT2D eigenvalue weighted by molar-refractivity contribution is 5.95. The van der Waals surface area contributed by atoms with E-state index in [0.29, 0.717) is 47.4 Å². The number of allylic oxidation sites excluding steroid dienone is 2. The Kier molecular flexibility index (Phi) is 7.53. The van der Waals surface area contributed by atoms with Crippen LogP contribution in [0.15, 0.2) is 66.5 Å². The lowest BCUT2D eigenvalue weighted by molar-refractivity contribution is -0.658. The van der Waals surface area contributed by atoms with E-state index in [4.69, 9.17) is 14.2 Å². The molecule has 11 atom stereocenters. The summed E-state index contributed by atoms with van der Waals surface area (Å²) in [6.45, 7) is 11.2. The summed E-state index contributed by atoms with van der Waals surface area (Å²) in [5.41, 5.74) is 5.38. The van der Waals surface area contributed by atoms with Crippen molar-refractivity contribution in [1.29, 1.82) is 0 Å². The van der Waals surface area contributed by atoms with Crippen molar-refractivity contribution in [3.63, 3.8) is 0 Å². The number of ether oxygens (including phenoxy) is 3. The number of rotatable bonds is 5. The summed E-state index contributed by atoms with van der Waals surface area (Å²) in [5, 5.41) is 0. The van der Waals surface area contributed by atoms with Gasteiger partial charge in [-0.25, -0.2) is 9.13 Å². The average Bonchev–Trinajstić information content (AvgIpc) is 3.72. The summed E-state index contributed by atoms with van der Waals surface area (Å²) in [4.78, 5) is 13.4. The highest BCUT2D eigenvalue weighted by atomic mass is 16.7. The lowest BCUT2D eigenvalue weighted by Crippen LogP contribution is -2.52. The van der Waals surface area contributed by atoms with Crippen LogP contribution in [-0.4, -0.2) is 36.0 Å². The topological polar surface area (TPSA) is 53.6 Å². The van der Waals surface area contributed by atoms with Gasteiger partial charge in [-0.1, -0.05) is 51.5 Å². The zero-order valence-corrected chi connectivity index (χ0v) is 30.2. The Morgan fingerprint density at radius 1 is 1.00 bits per heavy atom. The Bertz CT molecular complexity index is 1780. The molecule has 6 nitrogen and oxygen atoms in total. The van der Waals surface area contributed by atoms with Crippen LogP contribution >= 0.6 is 0 Å². The molecule has 1 aromatic heterocycles. The Labute approximate surface area is 292 Å². The van der Waals surface area contributed by atoms with Gasteiger partial charge >= 0.3 is 0 Å². The lowest BCUT2D eigenvalue weighted by Gasteiger charge is -2.58. The minimum atomic E-state index is -0.333. The summed E-state index contributed by atoms with van der Waals surface area (Å²) in [5.74, 6) is 4.54. The first-order valence-corrected chi connectivity index (χ1v) is 19.3. The molecular weight excluding hydrogens is 608 g/mol. The summed E-state index contributed by atoms with van der Waals surface area (Å²) in [6.07, 6.45) is 16.2. The molecule has 0 amide bonds. The van der Waals surface area contributed by atoms with Crippen LogP contribution in [0.25, 0.3) is 11.0 Å². The van der Waals surface area contributed by atoms with E-state index in [9.17, 15) is 4.79 Å². The number of fused-ring (bicyclic) bond motifs is 8. The van der Waals surface area contributed by atoms with E-state index in [0.717, 1.165) is 48.5 Å². The predicted molar refractivity (Wildman–Crippen MR) is 190 cm³/mol. The van der Waals surface area contributed by atoms with Crippen molar-refractivity contribution in [2.24, 2.45) is 46.3 Å². The van der Waals surface area contributed by atoms with Crippen LogP contribution < -0.4 is 9.30 Å². The largest absolute Gasteiger partial charge is 0.497 e. The van der Waals surface area contributed by atoms with Crippen LogP contribution in [-0.2, 0) is 16.0 Å². The molecule has 3 heterocycles. The van der Waals surface area contributed by atoms with Gasteiger partial charge in [0.1, 0.15) is 11.8 Å². The van der Waals surface area contributed by atoms with Crippen molar-refractivity contribution in [3.8, 4) is 5.75 Å². The van der Waals surface area contributed by atoms with Crippen LogP contribution in [0, 0.1) is 46.3 Å². The molecule has 9 rings (SSSR count). The summed E-state index contributed by atoms with van der Waals surface area (Å²) in [7, 11) is 1.65. The van der Waals surface area contributed by atoms with E-state index in [-0.39, 0.29) is 17.0 Å². The number of ketones is 1. The Balaban J connectivity index is 0.947. The minimum absolute atomic E-state index is 0.115. The van der Waals surface area contributed by atoms with Crippen molar-refractivity contribution in [1.82, 2.24) is 4.57 Å². The highest BCUT2D eigenvalue weighted by Crippen LogP contribution is 2.71. The molecular formula is C43H55N2O4+. The van der Waals surface area contributed by atoms with Gasteiger partial charge in [-0.05, 0) is 122 Å². The normalized spacial score (nSPS) is 41.1. The number of methoxy groups -OCH3 is 1. The maximum absolute atomic E-state index is 13.4. The zero-order valence-electron chi connectivity index (χ0n) is 30.2. The fraction of sp³-hybridized carbons (Fsp3) is 0.628. The predicted octanol–water partition coefficient (Wildman–Crippen LogP) is 8.73. The van der Waals surface area contributed by atoms with Gasteiger partial charge < -0.3 is 14.2 Å². The number of para-hydroxylation sites is 2. The monoisotopic (exact) mass is 663 g/mol. The molecule has 6 heteroatoms. The lowest BCUT2D eigenvalue weighted by atomic mass is 9.46. The van der Waals surface area contributed by atoms with Gasteiger partial charge in [0, 0.05) is 24.3 Å². The highest BCUT2D eigenvalue weighted by Gasteiger charge is 2.68. The van der Waals surface area contributed by atoms with Crippen LogP contribution in [0.3, 0.4) is 0 Å². The molecule has 1 spiro atoms. The first-order valence-electron chi connectivity index (χ1n) is 19.3. The Hall–Kier alpha value is -2.96. The zero-order chi connectivity index (χ0) is 33.7. The number of carbonyl (C=O) groups excluding carboxylic acids is 1. The van der Waals surface area contributed by atoms with E-state index in [1.54, 1.807) is 12.7 Å². The van der Waals surface area contributed by atoms with E-state index < -0.39 is 0 Å². The van der Waals surface area contributed by atoms with Crippen LogP contribution in [0.1, 0.15) is 102 Å². The molecule has 3 saturated carbocycles. The third kappa shape index (κ3) is 4.79. The molecule has 260 valence electrons. The second-order valence-electron chi connectivity index (χ2n) is 17.5. The number of imidazole rings is 1. The number of aromatic nitrogens is 2. The summed E-state index contributed by atoms with van der Waals surface area (Å²) >= 11 is 0. The van der Waals surface area contributed by atoms with Crippen molar-refractivity contribution < 1.29 is 23.6 Å². The van der Waals surface area contributed by atoms with Crippen molar-refractivity contribution in [2.75, 3.05) is 13.7 Å². The number of carbonyl (C=O) groups is 1. The molecule has 4 aliphatic carbocycles. The van der Waals surface area contributed by atoms with Crippen molar-refractivity contribution >= 4 is 16.8 Å². The number of nitrogens with zero attached hydrogens (tertiary/aromatic N) is 2. The van der Waals surface area contributed by atoms with E-state index in [1.807, 2.05) is 24.3 Å². The van der Waals surface area contributed by atoms with Gasteiger partial charge in [0.2, 0.25) is 12.1 Å². The fourth-order valence-electron chi connectivity index (χ4n) is 12.5. The number of Topliss-reactive ketones (excluding diaryl/α,β-unsaturated/α-hetero) is 1. The molecule has 3 aromatic rings. The fourth-order valence-corrected chi connectivity index (χ4v) is 12.5. The third-order valence-corrected chi connectivity index (χ3v) is 15.2. The quantitative estimate of drug-likeness (QED) is 0.156. The molecule has 2 saturated heterocycles. The summed E-state index contributed by atoms with van der Waals surface area (Å²) in [6, 6.07) is 16.5.